The van der Waals surface area contributed by atoms with E-state index in [-0.39, 0.29) is 16.8 Å². The maximum absolute atomic E-state index is 10.9. The lowest BCUT2D eigenvalue weighted by atomic mass is 10.1. The van der Waals surface area contributed by atoms with Crippen LogP contribution in [0.3, 0.4) is 0 Å². The Balaban J connectivity index is 1.91. The van der Waals surface area contributed by atoms with Crippen LogP contribution in [0.4, 0.5) is 5.00 Å². The summed E-state index contributed by atoms with van der Waals surface area (Å²) >= 11 is 1.17. The lowest BCUT2D eigenvalue weighted by molar-refractivity contribution is 0.0692. The van der Waals surface area contributed by atoms with Gasteiger partial charge in [0.2, 0.25) is 0 Å². The van der Waals surface area contributed by atoms with E-state index in [1.807, 2.05) is 24.3 Å². The van der Waals surface area contributed by atoms with Gasteiger partial charge in [0.05, 0.1) is 0 Å². The molecule has 0 bridgehead atoms. The number of fused-ring (bicyclic) bond motifs is 1. The zero-order chi connectivity index (χ0) is 12.7. The molecule has 1 aromatic carbocycles. The highest BCUT2D eigenvalue weighted by molar-refractivity contribution is 7.16. The Morgan fingerprint density at radius 3 is 2.94 bits per heavy atom. The quantitative estimate of drug-likeness (QED) is 0.865. The molecule has 0 saturated heterocycles. The Bertz CT molecular complexity index is 599. The number of ether oxygens (including phenoxy) is 1. The van der Waals surface area contributed by atoms with Crippen molar-refractivity contribution in [2.75, 3.05) is 5.73 Å². The van der Waals surface area contributed by atoms with E-state index in [4.69, 9.17) is 15.6 Å². The molecule has 1 aromatic heterocycles. The van der Waals surface area contributed by atoms with Crippen molar-refractivity contribution >= 4 is 22.3 Å². The number of para-hydroxylation sites is 1. The third kappa shape index (κ3) is 1.70. The maximum atomic E-state index is 10.9. The van der Waals surface area contributed by atoms with Crippen molar-refractivity contribution in [3.8, 4) is 5.75 Å². The molecule has 1 aliphatic heterocycles. The van der Waals surface area contributed by atoms with Crippen molar-refractivity contribution in [2.24, 2.45) is 0 Å². The smallest absolute Gasteiger partial charge is 0.357 e. The molecule has 0 amide bonds. The van der Waals surface area contributed by atoms with E-state index in [2.05, 4.69) is 4.98 Å². The van der Waals surface area contributed by atoms with Gasteiger partial charge in [-0.15, -0.1) is 0 Å². The van der Waals surface area contributed by atoms with Gasteiger partial charge < -0.3 is 15.6 Å². The van der Waals surface area contributed by atoms with E-state index in [1.54, 1.807) is 0 Å². The highest BCUT2D eigenvalue weighted by Gasteiger charge is 2.28. The lowest BCUT2D eigenvalue weighted by Crippen LogP contribution is -2.05. The van der Waals surface area contributed by atoms with Gasteiger partial charge in [-0.2, -0.15) is 0 Å². The first-order valence-corrected chi connectivity index (χ1v) is 6.21. The maximum Gasteiger partial charge on any atom is 0.357 e. The summed E-state index contributed by atoms with van der Waals surface area (Å²) in [6.07, 6.45) is 0.463. The largest absolute Gasteiger partial charge is 0.483 e. The summed E-state index contributed by atoms with van der Waals surface area (Å²) in [4.78, 5) is 14.9. The summed E-state index contributed by atoms with van der Waals surface area (Å²) < 4.78 is 5.74. The summed E-state index contributed by atoms with van der Waals surface area (Å²) in [5.41, 5.74) is 6.65. The number of nitrogen functional groups attached to an aromatic ring is 1. The van der Waals surface area contributed by atoms with Gasteiger partial charge in [-0.05, 0) is 11.6 Å². The summed E-state index contributed by atoms with van der Waals surface area (Å²) in [6.45, 7) is 0. The zero-order valence-electron chi connectivity index (χ0n) is 9.29. The van der Waals surface area contributed by atoms with Crippen LogP contribution in [0.25, 0.3) is 0 Å². The topological polar surface area (TPSA) is 85.4 Å². The first-order chi connectivity index (χ1) is 8.65. The molecule has 1 atom stereocenters. The van der Waals surface area contributed by atoms with Crippen molar-refractivity contribution < 1.29 is 14.6 Å². The van der Waals surface area contributed by atoms with Crippen molar-refractivity contribution in [1.29, 1.82) is 0 Å². The van der Waals surface area contributed by atoms with Crippen LogP contribution in [-0.2, 0) is 6.42 Å². The standard InChI is InChI=1S/C12H10N2O3S/c13-10-9(12(15)16)14-11(18-10)8-5-6-3-1-2-4-7(6)17-8/h1-4,8H,5,13H2,(H,15,16). The molecule has 2 aromatic rings. The number of nitrogens with zero attached hydrogens (tertiary/aromatic N) is 1. The fourth-order valence-corrected chi connectivity index (χ4v) is 2.81. The van der Waals surface area contributed by atoms with Crippen molar-refractivity contribution in [3.05, 3.63) is 40.5 Å². The number of thiazole rings is 1. The first kappa shape index (κ1) is 11.0. The number of hydrogen-bond acceptors (Lipinski definition) is 5. The third-order valence-corrected chi connectivity index (χ3v) is 3.77. The van der Waals surface area contributed by atoms with E-state index in [1.165, 1.54) is 11.3 Å². The number of benzene rings is 1. The van der Waals surface area contributed by atoms with E-state index < -0.39 is 5.97 Å². The van der Waals surface area contributed by atoms with Gasteiger partial charge in [-0.25, -0.2) is 9.78 Å². The van der Waals surface area contributed by atoms with Gasteiger partial charge in [0.25, 0.3) is 0 Å². The van der Waals surface area contributed by atoms with Gasteiger partial charge in [-0.3, -0.25) is 0 Å². The Morgan fingerprint density at radius 2 is 2.28 bits per heavy atom. The molecule has 1 aliphatic rings. The minimum Gasteiger partial charge on any atom is -0.483 e. The number of hydrogen-bond donors (Lipinski definition) is 2. The second-order valence-corrected chi connectivity index (χ2v) is 5.05. The van der Waals surface area contributed by atoms with Gasteiger partial charge in [0.1, 0.15) is 15.8 Å². The molecule has 5 nitrogen and oxygen atoms in total. The van der Waals surface area contributed by atoms with Crippen LogP contribution in [0.2, 0.25) is 0 Å². The minimum absolute atomic E-state index is 0.0884. The van der Waals surface area contributed by atoms with Gasteiger partial charge >= 0.3 is 5.97 Å². The fourth-order valence-electron chi connectivity index (χ4n) is 1.96. The molecule has 0 radical (unpaired) electrons. The summed E-state index contributed by atoms with van der Waals surface area (Å²) in [5, 5.41) is 9.75. The second-order valence-electron chi connectivity index (χ2n) is 3.99. The molecule has 0 aliphatic carbocycles. The van der Waals surface area contributed by atoms with Gasteiger partial charge in [0, 0.05) is 6.42 Å². The summed E-state index contributed by atoms with van der Waals surface area (Å²) in [5.74, 6) is -0.279. The molecule has 18 heavy (non-hydrogen) atoms. The zero-order valence-corrected chi connectivity index (χ0v) is 10.1. The molecule has 3 rings (SSSR count). The van der Waals surface area contributed by atoms with Crippen molar-refractivity contribution in [1.82, 2.24) is 4.98 Å². The van der Waals surface area contributed by atoms with Crippen LogP contribution in [0, 0.1) is 0 Å². The van der Waals surface area contributed by atoms with Crippen LogP contribution < -0.4 is 10.5 Å². The predicted octanol–water partition coefficient (Wildman–Crippen LogP) is 2.10. The number of carboxylic acid groups (broad SMARTS) is 1. The number of nitrogens with two attached hydrogens (primary N) is 1. The third-order valence-electron chi connectivity index (χ3n) is 2.80. The summed E-state index contributed by atoms with van der Waals surface area (Å²) in [7, 11) is 0. The molecule has 2 heterocycles. The summed E-state index contributed by atoms with van der Waals surface area (Å²) in [6, 6.07) is 7.73. The molecule has 1 unspecified atom stereocenters. The number of anilines is 1. The molecule has 0 saturated carbocycles. The molecular formula is C12H10N2O3S. The second kappa shape index (κ2) is 3.99. The Labute approximate surface area is 107 Å². The number of rotatable bonds is 2. The van der Waals surface area contributed by atoms with E-state index in [0.29, 0.717) is 11.4 Å². The first-order valence-electron chi connectivity index (χ1n) is 5.39. The SMILES string of the molecule is Nc1sc(C2Cc3ccccc3O2)nc1C(=O)O. The van der Waals surface area contributed by atoms with Gasteiger partial charge in [-0.1, -0.05) is 29.5 Å². The molecular weight excluding hydrogens is 252 g/mol. The fraction of sp³-hybridized carbons (Fsp3) is 0.167. The molecule has 6 heteroatoms. The Kier molecular flexibility index (Phi) is 2.45. The average molecular weight is 262 g/mol. The van der Waals surface area contributed by atoms with E-state index >= 15 is 0 Å². The molecule has 3 N–H and O–H groups in total. The highest BCUT2D eigenvalue weighted by Crippen LogP contribution is 2.38. The molecule has 0 fully saturated rings. The van der Waals surface area contributed by atoms with Crippen molar-refractivity contribution in [2.45, 2.75) is 12.5 Å². The normalized spacial score (nSPS) is 17.2. The number of carboxylic acids is 1. The lowest BCUT2D eigenvalue weighted by Gasteiger charge is -2.05. The van der Waals surface area contributed by atoms with Crippen LogP contribution in [0.1, 0.15) is 27.2 Å². The van der Waals surface area contributed by atoms with E-state index in [9.17, 15) is 4.79 Å². The number of aromatic nitrogens is 1. The van der Waals surface area contributed by atoms with E-state index in [0.717, 1.165) is 11.3 Å². The van der Waals surface area contributed by atoms with Crippen LogP contribution in [-0.4, -0.2) is 16.1 Å². The van der Waals surface area contributed by atoms with Gasteiger partial charge in [0.15, 0.2) is 11.8 Å². The monoisotopic (exact) mass is 262 g/mol. The minimum atomic E-state index is -1.11. The van der Waals surface area contributed by atoms with Crippen molar-refractivity contribution in [3.63, 3.8) is 0 Å². The molecule has 0 spiro atoms. The van der Waals surface area contributed by atoms with Crippen LogP contribution in [0.15, 0.2) is 24.3 Å². The van der Waals surface area contributed by atoms with Crippen LogP contribution in [0.5, 0.6) is 5.75 Å². The predicted molar refractivity (Wildman–Crippen MR) is 67.0 cm³/mol. The Morgan fingerprint density at radius 1 is 1.50 bits per heavy atom. The highest BCUT2D eigenvalue weighted by atomic mass is 32.1. The average Bonchev–Trinajstić information content (AvgIpc) is 2.91. The molecule has 92 valence electrons. The Hall–Kier alpha value is -2.08. The number of carbonyl (C=O) groups is 1. The number of aromatic carboxylic acids is 1. The van der Waals surface area contributed by atoms with Crippen LogP contribution >= 0.6 is 11.3 Å².